The highest BCUT2D eigenvalue weighted by atomic mass is 15.0. The van der Waals surface area contributed by atoms with Gasteiger partial charge in [0.05, 0.1) is 5.69 Å². The minimum absolute atomic E-state index is 0.0558. The van der Waals surface area contributed by atoms with Crippen LogP contribution in [0.15, 0.2) is 31.0 Å². The van der Waals surface area contributed by atoms with Crippen LogP contribution in [0.1, 0.15) is 24.0 Å². The molecule has 2 heterocycles. The van der Waals surface area contributed by atoms with Gasteiger partial charge in [-0.2, -0.15) is 0 Å². The van der Waals surface area contributed by atoms with Crippen LogP contribution in [0, 0.1) is 0 Å². The normalized spacial score (nSPS) is 12.6. The average Bonchev–Trinajstić information content (AvgIpc) is 2.73. The van der Waals surface area contributed by atoms with Crippen LogP contribution in [0.2, 0.25) is 0 Å². The highest BCUT2D eigenvalue weighted by Gasteiger charge is 2.08. The molecule has 0 bridgehead atoms. The first-order chi connectivity index (χ1) is 7.77. The number of aryl methyl sites for hydroxylation is 2. The van der Waals surface area contributed by atoms with Gasteiger partial charge in [0.25, 0.3) is 0 Å². The molecule has 0 fully saturated rings. The topological polar surface area (TPSA) is 69.6 Å². The first-order valence-electron chi connectivity index (χ1n) is 5.25. The van der Waals surface area contributed by atoms with Gasteiger partial charge >= 0.3 is 0 Å². The van der Waals surface area contributed by atoms with Gasteiger partial charge in [-0.25, -0.2) is 15.0 Å². The van der Waals surface area contributed by atoms with Gasteiger partial charge in [0.2, 0.25) is 0 Å². The van der Waals surface area contributed by atoms with E-state index in [1.165, 1.54) is 6.33 Å². The van der Waals surface area contributed by atoms with Crippen LogP contribution in [0.4, 0.5) is 0 Å². The van der Waals surface area contributed by atoms with Crippen LogP contribution in [0.3, 0.4) is 0 Å². The van der Waals surface area contributed by atoms with E-state index in [-0.39, 0.29) is 6.04 Å². The minimum Gasteiger partial charge on any atom is -0.338 e. The number of imidazole rings is 1. The Hall–Kier alpha value is -1.75. The summed E-state index contributed by atoms with van der Waals surface area (Å²) in [6, 6.07) is 1.79. The fraction of sp³-hybridized carbons (Fsp3) is 0.364. The Morgan fingerprint density at radius 2 is 2.25 bits per heavy atom. The molecule has 5 nitrogen and oxygen atoms in total. The second-order valence-corrected chi connectivity index (χ2v) is 3.73. The fourth-order valence-electron chi connectivity index (χ4n) is 1.59. The quantitative estimate of drug-likeness (QED) is 0.824. The molecule has 0 amide bonds. The van der Waals surface area contributed by atoms with Crippen molar-refractivity contribution >= 4 is 0 Å². The first-order valence-corrected chi connectivity index (χ1v) is 5.25. The number of nitrogens with two attached hydrogens (primary N) is 1. The zero-order valence-corrected chi connectivity index (χ0v) is 9.24. The van der Waals surface area contributed by atoms with E-state index in [9.17, 15) is 0 Å². The van der Waals surface area contributed by atoms with E-state index in [4.69, 9.17) is 5.73 Å². The van der Waals surface area contributed by atoms with E-state index in [2.05, 4.69) is 15.0 Å². The third kappa shape index (κ3) is 2.43. The molecule has 0 aromatic carbocycles. The number of hydrogen-bond donors (Lipinski definition) is 1. The van der Waals surface area contributed by atoms with E-state index in [1.807, 2.05) is 23.9 Å². The van der Waals surface area contributed by atoms with Crippen molar-refractivity contribution in [3.8, 4) is 0 Å². The third-order valence-electron chi connectivity index (χ3n) is 2.58. The van der Waals surface area contributed by atoms with Gasteiger partial charge in [-0.3, -0.25) is 0 Å². The second-order valence-electron chi connectivity index (χ2n) is 3.73. The molecule has 5 heteroatoms. The molecule has 16 heavy (non-hydrogen) atoms. The molecular formula is C11H15N5. The smallest absolute Gasteiger partial charge is 0.115 e. The van der Waals surface area contributed by atoms with Crippen molar-refractivity contribution in [2.75, 3.05) is 0 Å². The summed E-state index contributed by atoms with van der Waals surface area (Å²) in [6.45, 7) is 0. The standard InChI is InChI=1S/C11H15N5/c1-16-7-6-14-11(16)3-2-9(12)10-4-5-13-8-15-10/h4-9H,2-3,12H2,1H3. The lowest BCUT2D eigenvalue weighted by molar-refractivity contribution is 0.605. The maximum Gasteiger partial charge on any atom is 0.115 e. The Kier molecular flexibility index (Phi) is 3.26. The van der Waals surface area contributed by atoms with Crippen molar-refractivity contribution in [1.29, 1.82) is 0 Å². The molecule has 0 saturated heterocycles. The molecule has 1 unspecified atom stereocenters. The van der Waals surface area contributed by atoms with Gasteiger partial charge in [0.15, 0.2) is 0 Å². The SMILES string of the molecule is Cn1ccnc1CCC(N)c1ccncn1. The van der Waals surface area contributed by atoms with E-state index in [0.717, 1.165) is 24.4 Å². The van der Waals surface area contributed by atoms with Crippen LogP contribution in [0.5, 0.6) is 0 Å². The largest absolute Gasteiger partial charge is 0.338 e. The van der Waals surface area contributed by atoms with E-state index in [0.29, 0.717) is 0 Å². The molecule has 0 spiro atoms. The first kappa shape index (κ1) is 10.8. The number of rotatable bonds is 4. The van der Waals surface area contributed by atoms with Gasteiger partial charge < -0.3 is 10.3 Å². The Morgan fingerprint density at radius 3 is 2.88 bits per heavy atom. The van der Waals surface area contributed by atoms with Crippen molar-refractivity contribution in [3.63, 3.8) is 0 Å². The lowest BCUT2D eigenvalue weighted by Gasteiger charge is -2.10. The molecule has 2 aromatic heterocycles. The summed E-state index contributed by atoms with van der Waals surface area (Å²) in [6.07, 6.45) is 8.66. The lowest BCUT2D eigenvalue weighted by atomic mass is 10.1. The van der Waals surface area contributed by atoms with Gasteiger partial charge in [0.1, 0.15) is 12.2 Å². The highest BCUT2D eigenvalue weighted by molar-refractivity contribution is 5.04. The highest BCUT2D eigenvalue weighted by Crippen LogP contribution is 2.12. The lowest BCUT2D eigenvalue weighted by Crippen LogP contribution is -2.14. The summed E-state index contributed by atoms with van der Waals surface area (Å²) in [7, 11) is 1.98. The second kappa shape index (κ2) is 4.85. The van der Waals surface area contributed by atoms with Crippen LogP contribution in [0.25, 0.3) is 0 Å². The van der Waals surface area contributed by atoms with Crippen LogP contribution >= 0.6 is 0 Å². The summed E-state index contributed by atoms with van der Waals surface area (Å²) >= 11 is 0. The Bertz CT molecular complexity index is 437. The van der Waals surface area contributed by atoms with Crippen LogP contribution in [-0.4, -0.2) is 19.5 Å². The van der Waals surface area contributed by atoms with Gasteiger partial charge in [-0.1, -0.05) is 0 Å². The molecule has 2 aromatic rings. The fourth-order valence-corrected chi connectivity index (χ4v) is 1.59. The van der Waals surface area contributed by atoms with Gasteiger partial charge in [-0.05, 0) is 12.5 Å². The predicted octanol–water partition coefficient (Wildman–Crippen LogP) is 0.843. The molecule has 2 rings (SSSR count). The van der Waals surface area contributed by atoms with E-state index in [1.54, 1.807) is 12.4 Å². The number of aromatic nitrogens is 4. The van der Waals surface area contributed by atoms with Crippen LogP contribution in [-0.2, 0) is 13.5 Å². The predicted molar refractivity (Wildman–Crippen MR) is 60.5 cm³/mol. The molecule has 0 aliphatic rings. The minimum atomic E-state index is -0.0558. The molecule has 0 saturated carbocycles. The van der Waals surface area contributed by atoms with Crippen molar-refractivity contribution in [2.24, 2.45) is 12.8 Å². The zero-order valence-electron chi connectivity index (χ0n) is 9.24. The molecular weight excluding hydrogens is 202 g/mol. The maximum absolute atomic E-state index is 6.03. The van der Waals surface area contributed by atoms with Crippen molar-refractivity contribution in [1.82, 2.24) is 19.5 Å². The molecule has 0 radical (unpaired) electrons. The summed E-state index contributed by atoms with van der Waals surface area (Å²) in [4.78, 5) is 12.3. The Morgan fingerprint density at radius 1 is 1.38 bits per heavy atom. The summed E-state index contributed by atoms with van der Waals surface area (Å²) in [5.41, 5.74) is 6.91. The van der Waals surface area contributed by atoms with Crippen molar-refractivity contribution < 1.29 is 0 Å². The third-order valence-corrected chi connectivity index (χ3v) is 2.58. The monoisotopic (exact) mass is 217 g/mol. The van der Waals surface area contributed by atoms with E-state index >= 15 is 0 Å². The summed E-state index contributed by atoms with van der Waals surface area (Å²) in [5.74, 6) is 1.05. The van der Waals surface area contributed by atoms with Gasteiger partial charge in [0, 0.05) is 38.1 Å². The number of hydrogen-bond acceptors (Lipinski definition) is 4. The number of nitrogens with zero attached hydrogens (tertiary/aromatic N) is 4. The Balaban J connectivity index is 1.94. The average molecular weight is 217 g/mol. The van der Waals surface area contributed by atoms with Crippen molar-refractivity contribution in [2.45, 2.75) is 18.9 Å². The zero-order chi connectivity index (χ0) is 11.4. The summed E-state index contributed by atoms with van der Waals surface area (Å²) < 4.78 is 2.01. The van der Waals surface area contributed by atoms with Gasteiger partial charge in [-0.15, -0.1) is 0 Å². The molecule has 84 valence electrons. The Labute approximate surface area is 94.4 Å². The molecule has 0 aliphatic heterocycles. The summed E-state index contributed by atoms with van der Waals surface area (Å²) in [5, 5.41) is 0. The molecule has 2 N–H and O–H groups in total. The van der Waals surface area contributed by atoms with Crippen molar-refractivity contribution in [3.05, 3.63) is 42.5 Å². The van der Waals surface area contributed by atoms with Crippen LogP contribution < -0.4 is 5.73 Å². The van der Waals surface area contributed by atoms with E-state index < -0.39 is 0 Å². The maximum atomic E-state index is 6.03. The molecule has 1 atom stereocenters. The molecule has 0 aliphatic carbocycles.